The smallest absolute Gasteiger partial charge is 0.310 e. The summed E-state index contributed by atoms with van der Waals surface area (Å²) in [6, 6.07) is 5.49. The summed E-state index contributed by atoms with van der Waals surface area (Å²) in [6.07, 6.45) is 0.153. The minimum Gasteiger partial charge on any atom is -0.466 e. The molecule has 0 heterocycles. The van der Waals surface area contributed by atoms with Gasteiger partial charge in [-0.15, -0.1) is 12.6 Å². The highest BCUT2D eigenvalue weighted by Crippen LogP contribution is 2.24. The lowest BCUT2D eigenvalue weighted by atomic mass is 10.1. The predicted octanol–water partition coefficient (Wildman–Crippen LogP) is 2.56. The van der Waals surface area contributed by atoms with Crippen LogP contribution < -0.4 is 0 Å². The van der Waals surface area contributed by atoms with Gasteiger partial charge in [-0.25, -0.2) is 0 Å². The molecule has 0 aliphatic heterocycles. The Balaban J connectivity index is 3.04. The van der Waals surface area contributed by atoms with Gasteiger partial charge in [0.2, 0.25) is 0 Å². The van der Waals surface area contributed by atoms with Crippen molar-refractivity contribution in [2.45, 2.75) is 18.2 Å². The van der Waals surface area contributed by atoms with E-state index < -0.39 is 0 Å². The van der Waals surface area contributed by atoms with Crippen LogP contribution in [0.2, 0.25) is 0 Å². The topological polar surface area (TPSA) is 50.1 Å². The first-order valence-electron chi connectivity index (χ1n) is 4.66. The third kappa shape index (κ3) is 3.12. The molecule has 1 rings (SSSR count). The van der Waals surface area contributed by atoms with Gasteiger partial charge < -0.3 is 4.74 Å². The van der Waals surface area contributed by atoms with Gasteiger partial charge in [-0.05, 0) is 47.2 Å². The van der Waals surface area contributed by atoms with Crippen LogP contribution in [-0.2, 0) is 16.0 Å². The van der Waals surface area contributed by atoms with Crippen molar-refractivity contribution >= 4 is 41.2 Å². The lowest BCUT2D eigenvalue weighted by Gasteiger charge is -2.08. The van der Waals surface area contributed by atoms with E-state index in [4.69, 9.17) is 10.00 Å². The van der Waals surface area contributed by atoms with E-state index >= 15 is 0 Å². The van der Waals surface area contributed by atoms with E-state index in [9.17, 15) is 4.79 Å². The van der Waals surface area contributed by atoms with Gasteiger partial charge in [-0.3, -0.25) is 4.79 Å². The van der Waals surface area contributed by atoms with Gasteiger partial charge in [0, 0.05) is 8.47 Å². The number of thiol groups is 1. The van der Waals surface area contributed by atoms with Crippen LogP contribution in [0.5, 0.6) is 0 Å². The summed E-state index contributed by atoms with van der Waals surface area (Å²) >= 11 is 6.32. The number of ether oxygens (including phenoxy) is 1. The maximum atomic E-state index is 11.4. The number of rotatable bonds is 3. The molecule has 0 fully saturated rings. The van der Waals surface area contributed by atoms with Crippen LogP contribution in [0.4, 0.5) is 0 Å². The summed E-state index contributed by atoms with van der Waals surface area (Å²) < 4.78 is 5.63. The zero-order valence-corrected chi connectivity index (χ0v) is 11.7. The average molecular weight is 347 g/mol. The first-order chi connectivity index (χ1) is 7.60. The molecular formula is C11H10INO2S. The van der Waals surface area contributed by atoms with Gasteiger partial charge in [0.1, 0.15) is 6.07 Å². The molecule has 0 saturated heterocycles. The fourth-order valence-corrected chi connectivity index (χ4v) is 2.48. The van der Waals surface area contributed by atoms with Gasteiger partial charge in [-0.1, -0.05) is 0 Å². The minimum atomic E-state index is -0.300. The largest absolute Gasteiger partial charge is 0.466 e. The van der Waals surface area contributed by atoms with Crippen molar-refractivity contribution in [1.82, 2.24) is 0 Å². The van der Waals surface area contributed by atoms with Gasteiger partial charge in [-0.2, -0.15) is 5.26 Å². The number of nitriles is 1. The maximum Gasteiger partial charge on any atom is 0.310 e. The van der Waals surface area contributed by atoms with Gasteiger partial charge in [0.15, 0.2) is 0 Å². The third-order valence-electron chi connectivity index (χ3n) is 1.97. The maximum absolute atomic E-state index is 11.4. The van der Waals surface area contributed by atoms with Crippen molar-refractivity contribution in [3.8, 4) is 6.07 Å². The van der Waals surface area contributed by atoms with E-state index in [1.54, 1.807) is 19.1 Å². The van der Waals surface area contributed by atoms with E-state index in [0.29, 0.717) is 17.1 Å². The minimum absolute atomic E-state index is 0.153. The molecule has 0 bridgehead atoms. The molecule has 3 nitrogen and oxygen atoms in total. The zero-order chi connectivity index (χ0) is 12.1. The molecule has 0 saturated carbocycles. The van der Waals surface area contributed by atoms with Crippen molar-refractivity contribution in [3.63, 3.8) is 0 Å². The fourth-order valence-electron chi connectivity index (χ4n) is 1.22. The Morgan fingerprint density at radius 1 is 1.62 bits per heavy atom. The number of halogens is 1. The highest BCUT2D eigenvalue weighted by atomic mass is 127. The van der Waals surface area contributed by atoms with Crippen LogP contribution in [0.25, 0.3) is 0 Å². The lowest BCUT2D eigenvalue weighted by Crippen LogP contribution is -2.09. The summed E-state index contributed by atoms with van der Waals surface area (Å²) in [5.41, 5.74) is 1.30. The van der Waals surface area contributed by atoms with Crippen LogP contribution >= 0.6 is 35.2 Å². The zero-order valence-electron chi connectivity index (χ0n) is 8.66. The third-order valence-corrected chi connectivity index (χ3v) is 3.62. The summed E-state index contributed by atoms with van der Waals surface area (Å²) in [5, 5.41) is 8.88. The monoisotopic (exact) mass is 347 g/mol. The molecule has 0 amide bonds. The molecule has 1 aromatic rings. The molecule has 0 spiro atoms. The highest BCUT2D eigenvalue weighted by molar-refractivity contribution is 14.1. The molecule has 84 valence electrons. The Kier molecular flexibility index (Phi) is 5.09. The van der Waals surface area contributed by atoms with Crippen LogP contribution in [-0.4, -0.2) is 12.6 Å². The molecule has 1 aromatic carbocycles. The van der Waals surface area contributed by atoms with Crippen molar-refractivity contribution in [1.29, 1.82) is 5.26 Å². The standard InChI is InChI=1S/C11H10INO2S/c1-2-15-10(14)5-8-9(16)4-3-7(6-13)11(8)12/h3-4,16H,2,5H2,1H3. The Morgan fingerprint density at radius 3 is 2.88 bits per heavy atom. The van der Waals surface area contributed by atoms with E-state index in [-0.39, 0.29) is 12.4 Å². The van der Waals surface area contributed by atoms with Crippen molar-refractivity contribution < 1.29 is 9.53 Å². The summed E-state index contributed by atoms with van der Waals surface area (Å²) in [5.74, 6) is -0.300. The van der Waals surface area contributed by atoms with E-state index in [1.165, 1.54) is 0 Å². The first-order valence-corrected chi connectivity index (χ1v) is 6.18. The van der Waals surface area contributed by atoms with Gasteiger partial charge in [0.05, 0.1) is 18.6 Å². The second-order valence-electron chi connectivity index (χ2n) is 3.02. The second kappa shape index (κ2) is 6.11. The number of benzene rings is 1. The molecule has 0 atom stereocenters. The molecule has 0 unspecified atom stereocenters. The Bertz CT molecular complexity index is 454. The van der Waals surface area contributed by atoms with Crippen LogP contribution in [0.15, 0.2) is 17.0 Å². The van der Waals surface area contributed by atoms with Crippen molar-refractivity contribution in [3.05, 3.63) is 26.8 Å². The van der Waals surface area contributed by atoms with Gasteiger partial charge in [0.25, 0.3) is 0 Å². The van der Waals surface area contributed by atoms with Crippen LogP contribution in [0.3, 0.4) is 0 Å². The predicted molar refractivity (Wildman–Crippen MR) is 71.5 cm³/mol. The average Bonchev–Trinajstić information content (AvgIpc) is 2.25. The Labute approximate surface area is 113 Å². The van der Waals surface area contributed by atoms with E-state index in [0.717, 1.165) is 9.13 Å². The number of esters is 1. The number of hydrogen-bond acceptors (Lipinski definition) is 4. The van der Waals surface area contributed by atoms with Crippen molar-refractivity contribution in [2.24, 2.45) is 0 Å². The number of carbonyl (C=O) groups excluding carboxylic acids is 1. The summed E-state index contributed by atoms with van der Waals surface area (Å²) in [6.45, 7) is 2.12. The summed E-state index contributed by atoms with van der Waals surface area (Å²) in [7, 11) is 0. The molecule has 0 N–H and O–H groups in total. The fraction of sp³-hybridized carbons (Fsp3) is 0.273. The molecule has 0 aromatic heterocycles. The molecule has 5 heteroatoms. The molecular weight excluding hydrogens is 337 g/mol. The first kappa shape index (κ1) is 13.3. The van der Waals surface area contributed by atoms with Crippen LogP contribution in [0.1, 0.15) is 18.1 Å². The normalized spacial score (nSPS) is 9.62. The number of hydrogen-bond donors (Lipinski definition) is 1. The van der Waals surface area contributed by atoms with E-state index in [1.807, 2.05) is 22.6 Å². The molecule has 16 heavy (non-hydrogen) atoms. The quantitative estimate of drug-likeness (QED) is 0.519. The molecule has 0 aliphatic carbocycles. The Morgan fingerprint density at radius 2 is 2.31 bits per heavy atom. The SMILES string of the molecule is CCOC(=O)Cc1c(S)ccc(C#N)c1I. The van der Waals surface area contributed by atoms with Crippen LogP contribution in [0, 0.1) is 14.9 Å². The lowest BCUT2D eigenvalue weighted by molar-refractivity contribution is -0.142. The molecule has 0 radical (unpaired) electrons. The highest BCUT2D eigenvalue weighted by Gasteiger charge is 2.13. The Hall–Kier alpha value is -0.740. The van der Waals surface area contributed by atoms with Gasteiger partial charge >= 0.3 is 5.97 Å². The number of nitrogens with zero attached hydrogens (tertiary/aromatic N) is 1. The van der Waals surface area contributed by atoms with Crippen molar-refractivity contribution in [2.75, 3.05) is 6.61 Å². The van der Waals surface area contributed by atoms with E-state index in [2.05, 4.69) is 18.7 Å². The second-order valence-corrected chi connectivity index (χ2v) is 4.58. The summed E-state index contributed by atoms with van der Waals surface area (Å²) in [4.78, 5) is 12.1. The molecule has 0 aliphatic rings. The number of carbonyl (C=O) groups is 1.